The molecule has 3 heterocycles. The van der Waals surface area contributed by atoms with Crippen LogP contribution in [0.3, 0.4) is 0 Å². The highest BCUT2D eigenvalue weighted by Crippen LogP contribution is 2.47. The molecule has 4 aliphatic rings. The van der Waals surface area contributed by atoms with Gasteiger partial charge in [0.2, 0.25) is 11.8 Å². The fourth-order valence-electron chi connectivity index (χ4n) is 7.97. The maximum Gasteiger partial charge on any atom is 0.262 e. The molecule has 3 unspecified atom stereocenters. The number of rotatable bonds is 7. The standard InChI is InChI=1S/C33H38N4O5/c1-3-33(16-20-13-19(2)14-21(15-20)17-33)36-29(39)23-8-10-24(34-18-23)9-7-22-5-4-6-25-28(22)32(42)37(31(25)41)26-11-12-27(38)35-30(26)40/h4-6,8,10,18-21,26H,3,7,9,11-17H2,1-2H3,(H,36,39)(H,35,38,40). The topological polar surface area (TPSA) is 126 Å². The summed E-state index contributed by atoms with van der Waals surface area (Å²) in [5.41, 5.74) is 2.44. The van der Waals surface area contributed by atoms with Gasteiger partial charge in [0.15, 0.2) is 0 Å². The summed E-state index contributed by atoms with van der Waals surface area (Å²) < 4.78 is 0. The van der Waals surface area contributed by atoms with Crippen molar-refractivity contribution in [3.05, 3.63) is 64.5 Å². The van der Waals surface area contributed by atoms with Crippen LogP contribution in [0.2, 0.25) is 0 Å². The second-order valence-corrected chi connectivity index (χ2v) is 12.9. The zero-order chi connectivity index (χ0) is 29.6. The molecule has 2 N–H and O–H groups in total. The van der Waals surface area contributed by atoms with Crippen molar-refractivity contribution >= 4 is 29.5 Å². The first kappa shape index (κ1) is 28.2. The van der Waals surface area contributed by atoms with Crippen LogP contribution in [0, 0.1) is 17.8 Å². The van der Waals surface area contributed by atoms with Gasteiger partial charge in [0, 0.05) is 23.9 Å². The van der Waals surface area contributed by atoms with Crippen molar-refractivity contribution in [2.75, 3.05) is 0 Å². The first-order chi connectivity index (χ1) is 20.2. The number of pyridine rings is 1. The van der Waals surface area contributed by atoms with Crippen molar-refractivity contribution in [3.63, 3.8) is 0 Å². The van der Waals surface area contributed by atoms with E-state index in [4.69, 9.17) is 0 Å². The molecular formula is C33H38N4O5. The number of carbonyl (C=O) groups is 5. The predicted octanol–water partition coefficient (Wildman–Crippen LogP) is 3.99. The Balaban J connectivity index is 1.11. The van der Waals surface area contributed by atoms with Crippen LogP contribution >= 0.6 is 0 Å². The predicted molar refractivity (Wildman–Crippen MR) is 154 cm³/mol. The molecule has 220 valence electrons. The SMILES string of the molecule is CCC1(NC(=O)c2ccc(CCc3cccc4c3C(=O)N(C3CCC(=O)NC3=O)C4=O)nc2)CC2CC(C)CC(C2)C1. The first-order valence-electron chi connectivity index (χ1n) is 15.3. The monoisotopic (exact) mass is 570 g/mol. The number of piperidine rings is 1. The van der Waals surface area contributed by atoms with Crippen molar-refractivity contribution in [3.8, 4) is 0 Å². The van der Waals surface area contributed by atoms with Crippen molar-refractivity contribution in [2.45, 2.75) is 89.6 Å². The van der Waals surface area contributed by atoms with Gasteiger partial charge in [-0.3, -0.25) is 39.2 Å². The van der Waals surface area contributed by atoms with Crippen molar-refractivity contribution in [1.29, 1.82) is 0 Å². The van der Waals surface area contributed by atoms with E-state index in [2.05, 4.69) is 29.5 Å². The lowest BCUT2D eigenvalue weighted by molar-refractivity contribution is -0.136. The summed E-state index contributed by atoms with van der Waals surface area (Å²) in [6.45, 7) is 4.53. The minimum Gasteiger partial charge on any atom is -0.347 e. The smallest absolute Gasteiger partial charge is 0.262 e. The van der Waals surface area contributed by atoms with Crippen LogP contribution < -0.4 is 10.6 Å². The minimum atomic E-state index is -0.994. The van der Waals surface area contributed by atoms with Gasteiger partial charge in [-0.05, 0) is 99.3 Å². The maximum atomic E-state index is 13.4. The molecule has 9 heteroatoms. The van der Waals surface area contributed by atoms with Gasteiger partial charge >= 0.3 is 0 Å². The Morgan fingerprint density at radius 1 is 1.02 bits per heavy atom. The number of hydrogen-bond acceptors (Lipinski definition) is 6. The number of benzene rings is 1. The number of aryl methyl sites for hydroxylation is 2. The van der Waals surface area contributed by atoms with E-state index in [1.54, 1.807) is 18.3 Å². The minimum absolute atomic E-state index is 0.0795. The quantitative estimate of drug-likeness (QED) is 0.485. The summed E-state index contributed by atoms with van der Waals surface area (Å²) in [6, 6.07) is 7.80. The lowest BCUT2D eigenvalue weighted by Crippen LogP contribution is -2.54. The number of imide groups is 2. The molecule has 2 aliphatic heterocycles. The molecule has 3 fully saturated rings. The van der Waals surface area contributed by atoms with Crippen LogP contribution in [-0.4, -0.2) is 51.0 Å². The van der Waals surface area contributed by atoms with Crippen molar-refractivity contribution in [2.24, 2.45) is 17.8 Å². The summed E-state index contributed by atoms with van der Waals surface area (Å²) in [4.78, 5) is 69.2. The van der Waals surface area contributed by atoms with Crippen molar-refractivity contribution in [1.82, 2.24) is 20.5 Å². The van der Waals surface area contributed by atoms with Gasteiger partial charge in [-0.25, -0.2) is 0 Å². The van der Waals surface area contributed by atoms with Crippen LogP contribution in [-0.2, 0) is 22.4 Å². The molecule has 1 saturated heterocycles. The number of nitrogens with one attached hydrogen (secondary N) is 2. The van der Waals surface area contributed by atoms with Crippen LogP contribution in [0.4, 0.5) is 0 Å². The Hall–Kier alpha value is -3.88. The summed E-state index contributed by atoms with van der Waals surface area (Å²) in [7, 11) is 0. The summed E-state index contributed by atoms with van der Waals surface area (Å²) in [6.07, 6.45) is 9.61. The second kappa shape index (κ2) is 11.1. The number of hydrogen-bond donors (Lipinski definition) is 2. The van der Waals surface area contributed by atoms with Crippen molar-refractivity contribution < 1.29 is 24.0 Å². The lowest BCUT2D eigenvalue weighted by atomic mass is 9.61. The fourth-order valence-corrected chi connectivity index (χ4v) is 7.97. The number of aromatic nitrogens is 1. The normalized spacial score (nSPS) is 28.9. The Bertz CT molecular complexity index is 1430. The summed E-state index contributed by atoms with van der Waals surface area (Å²) in [5, 5.41) is 5.62. The average molecular weight is 571 g/mol. The van der Waals surface area contributed by atoms with E-state index >= 15 is 0 Å². The number of nitrogens with zero attached hydrogens (tertiary/aromatic N) is 2. The Kier molecular flexibility index (Phi) is 7.45. The largest absolute Gasteiger partial charge is 0.347 e. The van der Waals surface area contributed by atoms with E-state index in [-0.39, 0.29) is 29.9 Å². The Morgan fingerprint density at radius 2 is 1.79 bits per heavy atom. The van der Waals surface area contributed by atoms with Gasteiger partial charge < -0.3 is 5.32 Å². The van der Waals surface area contributed by atoms with Crippen LogP contribution in [0.1, 0.15) is 108 Å². The molecule has 5 amide bonds. The van der Waals surface area contributed by atoms with Crippen LogP contribution in [0.15, 0.2) is 36.5 Å². The molecule has 3 atom stereocenters. The first-order valence-corrected chi connectivity index (χ1v) is 15.3. The summed E-state index contributed by atoms with van der Waals surface area (Å²) >= 11 is 0. The zero-order valence-electron chi connectivity index (χ0n) is 24.3. The lowest BCUT2D eigenvalue weighted by Gasteiger charge is -2.49. The summed E-state index contributed by atoms with van der Waals surface area (Å²) in [5.74, 6) is 0.0177. The molecule has 2 aromatic rings. The molecule has 9 nitrogen and oxygen atoms in total. The van der Waals surface area contributed by atoms with Gasteiger partial charge in [0.25, 0.3) is 17.7 Å². The molecule has 2 bridgehead atoms. The maximum absolute atomic E-state index is 13.4. The third-order valence-electron chi connectivity index (χ3n) is 9.84. The van der Waals surface area contributed by atoms with Crippen LogP contribution in [0.5, 0.6) is 0 Å². The molecule has 1 aromatic carbocycles. The van der Waals surface area contributed by atoms with E-state index < -0.39 is 29.7 Å². The molecule has 0 radical (unpaired) electrons. The van der Waals surface area contributed by atoms with E-state index in [0.717, 1.165) is 35.8 Å². The number of carbonyl (C=O) groups excluding carboxylic acids is 5. The zero-order valence-corrected chi connectivity index (χ0v) is 24.3. The van der Waals surface area contributed by atoms with Gasteiger partial charge in [-0.15, -0.1) is 0 Å². The third-order valence-corrected chi connectivity index (χ3v) is 9.84. The fraction of sp³-hybridized carbons (Fsp3) is 0.515. The molecule has 2 aliphatic carbocycles. The Morgan fingerprint density at radius 3 is 2.45 bits per heavy atom. The molecule has 0 spiro atoms. The molecular weight excluding hydrogens is 532 g/mol. The number of amides is 5. The number of fused-ring (bicyclic) bond motifs is 3. The van der Waals surface area contributed by atoms with Crippen LogP contribution in [0.25, 0.3) is 0 Å². The average Bonchev–Trinajstić information content (AvgIpc) is 3.21. The highest BCUT2D eigenvalue weighted by Gasteiger charge is 2.46. The van der Waals surface area contributed by atoms with E-state index in [1.165, 1.54) is 19.3 Å². The molecule has 2 saturated carbocycles. The highest BCUT2D eigenvalue weighted by atomic mass is 16.2. The Labute approximate surface area is 245 Å². The van der Waals surface area contributed by atoms with Gasteiger partial charge in [-0.2, -0.15) is 0 Å². The second-order valence-electron chi connectivity index (χ2n) is 12.9. The molecule has 1 aromatic heterocycles. The molecule has 42 heavy (non-hydrogen) atoms. The van der Waals surface area contributed by atoms with Gasteiger partial charge in [0.05, 0.1) is 16.7 Å². The van der Waals surface area contributed by atoms with E-state index in [0.29, 0.717) is 41.4 Å². The van der Waals surface area contributed by atoms with E-state index in [1.807, 2.05) is 18.2 Å². The third kappa shape index (κ3) is 5.25. The van der Waals surface area contributed by atoms with Gasteiger partial charge in [0.1, 0.15) is 6.04 Å². The molecule has 6 rings (SSSR count). The van der Waals surface area contributed by atoms with Gasteiger partial charge in [-0.1, -0.05) is 26.0 Å². The highest BCUT2D eigenvalue weighted by molar-refractivity contribution is 6.24. The van der Waals surface area contributed by atoms with E-state index in [9.17, 15) is 24.0 Å².